The molecule has 192 valence electrons. The lowest BCUT2D eigenvalue weighted by Gasteiger charge is -2.24. The second-order valence-electron chi connectivity index (χ2n) is 12.8. The van der Waals surface area contributed by atoms with E-state index in [9.17, 15) is 0 Å². The third kappa shape index (κ3) is 2.92. The number of para-hydroxylation sites is 1. The van der Waals surface area contributed by atoms with Crippen LogP contribution in [0.2, 0.25) is 5.02 Å². The van der Waals surface area contributed by atoms with Crippen LogP contribution in [0.15, 0.2) is 72.8 Å². The number of benzene rings is 4. The van der Waals surface area contributed by atoms with E-state index in [1.165, 1.54) is 71.7 Å². The smallest absolute Gasteiger partial charge is 0.0540 e. The maximum atomic E-state index is 6.82. The van der Waals surface area contributed by atoms with Gasteiger partial charge in [0.15, 0.2) is 0 Å². The maximum absolute atomic E-state index is 6.82. The van der Waals surface area contributed by atoms with E-state index in [1.54, 1.807) is 0 Å². The van der Waals surface area contributed by atoms with Gasteiger partial charge in [0, 0.05) is 37.7 Å². The molecule has 0 aliphatic heterocycles. The van der Waals surface area contributed by atoms with Crippen LogP contribution in [0.5, 0.6) is 0 Å². The van der Waals surface area contributed by atoms with Gasteiger partial charge in [0.1, 0.15) is 0 Å². The molecule has 3 aliphatic carbocycles. The van der Waals surface area contributed by atoms with Crippen LogP contribution in [0.25, 0.3) is 51.0 Å². The molecule has 1 unspecified atom stereocenters. The average Bonchev–Trinajstić information content (AvgIpc) is 3.44. The van der Waals surface area contributed by atoms with Crippen LogP contribution < -0.4 is 10.6 Å². The van der Waals surface area contributed by atoms with Crippen LogP contribution in [0, 0.1) is 5.92 Å². The number of hydrogen-bond donors (Lipinski definition) is 0. The van der Waals surface area contributed by atoms with Crippen LogP contribution in [0.1, 0.15) is 63.3 Å². The summed E-state index contributed by atoms with van der Waals surface area (Å²) in [6.45, 7) is 11.7. The molecule has 0 spiro atoms. The minimum atomic E-state index is -0.115. The summed E-state index contributed by atoms with van der Waals surface area (Å²) in [6, 6.07) is 27.3. The largest absolute Gasteiger partial charge is 0.310 e. The first-order valence-corrected chi connectivity index (χ1v) is 14.5. The zero-order valence-electron chi connectivity index (χ0n) is 23.2. The molecule has 0 N–H and O–H groups in total. The molecule has 3 aliphatic rings. The molecule has 1 heterocycles. The van der Waals surface area contributed by atoms with Crippen molar-refractivity contribution in [3.05, 3.63) is 111 Å². The molecule has 0 radical (unpaired) electrons. The van der Waals surface area contributed by atoms with Gasteiger partial charge < -0.3 is 4.57 Å². The Hall–Kier alpha value is -3.55. The number of nitrogens with zero attached hydrogens (tertiary/aromatic N) is 1. The monoisotopic (exact) mass is 525 g/mol. The molecule has 0 bridgehead atoms. The average molecular weight is 526 g/mol. The summed E-state index contributed by atoms with van der Waals surface area (Å²) in [4.78, 5) is 0. The minimum Gasteiger partial charge on any atom is -0.310 e. The summed E-state index contributed by atoms with van der Waals surface area (Å²) in [5, 5.41) is 4.89. The van der Waals surface area contributed by atoms with Crippen LogP contribution in [-0.2, 0) is 10.8 Å². The Morgan fingerprint density at radius 1 is 0.744 bits per heavy atom. The Morgan fingerprint density at radius 2 is 1.46 bits per heavy atom. The Labute approximate surface area is 235 Å². The zero-order valence-corrected chi connectivity index (χ0v) is 23.9. The van der Waals surface area contributed by atoms with Crippen LogP contribution in [0.3, 0.4) is 0 Å². The van der Waals surface area contributed by atoms with Crippen LogP contribution >= 0.6 is 11.6 Å². The fraction of sp³-hybridized carbons (Fsp3) is 0.243. The first kappa shape index (κ1) is 23.3. The summed E-state index contributed by atoms with van der Waals surface area (Å²) in [5.41, 5.74) is 13.1. The quantitative estimate of drug-likeness (QED) is 0.207. The Balaban J connectivity index is 1.37. The van der Waals surface area contributed by atoms with Crippen molar-refractivity contribution in [1.29, 1.82) is 0 Å². The molecule has 39 heavy (non-hydrogen) atoms. The molecule has 8 rings (SSSR count). The molecule has 5 aromatic rings. The van der Waals surface area contributed by atoms with Gasteiger partial charge in [-0.25, -0.2) is 0 Å². The fourth-order valence-electron chi connectivity index (χ4n) is 7.68. The van der Waals surface area contributed by atoms with Crippen molar-refractivity contribution in [3.8, 4) is 27.9 Å². The van der Waals surface area contributed by atoms with E-state index in [-0.39, 0.29) is 10.8 Å². The van der Waals surface area contributed by atoms with Gasteiger partial charge in [-0.3, -0.25) is 0 Å². The van der Waals surface area contributed by atoms with E-state index in [0.29, 0.717) is 5.92 Å². The van der Waals surface area contributed by atoms with Gasteiger partial charge in [0.05, 0.1) is 10.9 Å². The van der Waals surface area contributed by atoms with E-state index in [2.05, 4.69) is 118 Å². The summed E-state index contributed by atoms with van der Waals surface area (Å²) >= 11 is 6.82. The Morgan fingerprint density at radius 3 is 2.31 bits per heavy atom. The molecule has 0 fully saturated rings. The van der Waals surface area contributed by atoms with Gasteiger partial charge in [-0.15, -0.1) is 0 Å². The zero-order chi connectivity index (χ0) is 26.8. The van der Waals surface area contributed by atoms with E-state index in [4.69, 9.17) is 11.6 Å². The number of aromatic nitrogens is 1. The first-order valence-electron chi connectivity index (χ1n) is 14.1. The SMILES string of the molecule is CC1C=c2c(c3ccccc3n2-c2ccc3c(c2)C(C)(C)c2cc4c(cc2-3)C(C)(C)c2cccc(Cl)c2-4)=CC1. The highest BCUT2D eigenvalue weighted by molar-refractivity contribution is 6.34. The predicted octanol–water partition coefficient (Wildman–Crippen LogP) is 8.50. The highest BCUT2D eigenvalue weighted by Gasteiger charge is 2.42. The number of rotatable bonds is 1. The van der Waals surface area contributed by atoms with Crippen molar-refractivity contribution in [2.24, 2.45) is 5.92 Å². The van der Waals surface area contributed by atoms with Crippen molar-refractivity contribution in [3.63, 3.8) is 0 Å². The second kappa shape index (κ2) is 7.55. The molecule has 1 aromatic heterocycles. The number of halogens is 1. The highest BCUT2D eigenvalue weighted by atomic mass is 35.5. The Kier molecular flexibility index (Phi) is 4.52. The summed E-state index contributed by atoms with van der Waals surface area (Å²) in [7, 11) is 0. The molecule has 2 heteroatoms. The molecular formula is C37H32ClN. The molecule has 4 aromatic carbocycles. The van der Waals surface area contributed by atoms with Gasteiger partial charge in [0.2, 0.25) is 0 Å². The third-order valence-corrected chi connectivity index (χ3v) is 10.1. The molecule has 1 nitrogen and oxygen atoms in total. The van der Waals surface area contributed by atoms with Gasteiger partial charge in [0.25, 0.3) is 0 Å². The summed E-state index contributed by atoms with van der Waals surface area (Å²) in [6.07, 6.45) is 5.98. The summed E-state index contributed by atoms with van der Waals surface area (Å²) in [5.74, 6) is 0.538. The molecule has 0 saturated carbocycles. The first-order chi connectivity index (χ1) is 18.7. The topological polar surface area (TPSA) is 4.93 Å². The van der Waals surface area contributed by atoms with Crippen molar-refractivity contribution in [1.82, 2.24) is 4.57 Å². The van der Waals surface area contributed by atoms with Crippen LogP contribution in [-0.4, -0.2) is 4.57 Å². The lowest BCUT2D eigenvalue weighted by Crippen LogP contribution is -2.32. The van der Waals surface area contributed by atoms with Crippen molar-refractivity contribution >= 4 is 34.7 Å². The number of hydrogen-bond acceptors (Lipinski definition) is 0. The lowest BCUT2D eigenvalue weighted by atomic mass is 9.79. The second-order valence-corrected chi connectivity index (χ2v) is 13.2. The maximum Gasteiger partial charge on any atom is 0.0540 e. The van der Waals surface area contributed by atoms with E-state index < -0.39 is 0 Å². The van der Waals surface area contributed by atoms with Crippen molar-refractivity contribution in [2.45, 2.75) is 51.9 Å². The normalized spacial score (nSPS) is 19.0. The number of fused-ring (bicyclic) bond motifs is 9. The van der Waals surface area contributed by atoms with Gasteiger partial charge in [-0.2, -0.15) is 0 Å². The predicted molar refractivity (Wildman–Crippen MR) is 165 cm³/mol. The fourth-order valence-corrected chi connectivity index (χ4v) is 7.95. The highest BCUT2D eigenvalue weighted by Crippen LogP contribution is 2.57. The van der Waals surface area contributed by atoms with E-state index >= 15 is 0 Å². The van der Waals surface area contributed by atoms with E-state index in [1.807, 2.05) is 6.07 Å². The molecular weight excluding hydrogens is 494 g/mol. The minimum absolute atomic E-state index is 0.0798. The van der Waals surface area contributed by atoms with Crippen molar-refractivity contribution in [2.75, 3.05) is 0 Å². The van der Waals surface area contributed by atoms with Gasteiger partial charge in [-0.05, 0) is 87.7 Å². The van der Waals surface area contributed by atoms with Gasteiger partial charge >= 0.3 is 0 Å². The van der Waals surface area contributed by atoms with Gasteiger partial charge in [-0.1, -0.05) is 94.8 Å². The van der Waals surface area contributed by atoms with E-state index in [0.717, 1.165) is 11.4 Å². The molecule has 1 atom stereocenters. The summed E-state index contributed by atoms with van der Waals surface area (Å²) < 4.78 is 2.48. The third-order valence-electron chi connectivity index (χ3n) is 9.77. The lowest BCUT2D eigenvalue weighted by molar-refractivity contribution is 0.651. The Bertz CT molecular complexity index is 2020. The van der Waals surface area contributed by atoms with Crippen LogP contribution in [0.4, 0.5) is 0 Å². The van der Waals surface area contributed by atoms with Crippen molar-refractivity contribution < 1.29 is 0 Å². The molecule has 0 saturated heterocycles. The standard InChI is InChI=1S/C37H32ClN/c1-21-13-15-25-24-9-6-7-12-33(24)39(34(25)17-21)22-14-16-23-26-19-31-27(20-30(26)37(4,5)29(23)18-22)35-28(36(31,2)3)10-8-11-32(35)38/h6-12,14-21H,13H2,1-5H3. The molecule has 0 amide bonds.